The minimum absolute atomic E-state index is 0.303. The number of ether oxygens (including phenoxy) is 1. The van der Waals surface area contributed by atoms with Crippen molar-refractivity contribution >= 4 is 5.69 Å². The summed E-state index contributed by atoms with van der Waals surface area (Å²) in [6.45, 7) is 0. The molecule has 0 saturated heterocycles. The first-order valence-corrected chi connectivity index (χ1v) is 4.63. The Hall–Kier alpha value is -2.48. The average molecular weight is 214 g/mol. The van der Waals surface area contributed by atoms with E-state index in [0.29, 0.717) is 17.3 Å². The van der Waals surface area contributed by atoms with Crippen LogP contribution in [0.5, 0.6) is 5.75 Å². The Morgan fingerprint density at radius 2 is 2.31 bits per heavy atom. The molecule has 0 bridgehead atoms. The van der Waals surface area contributed by atoms with Gasteiger partial charge < -0.3 is 10.5 Å². The van der Waals surface area contributed by atoms with Crippen molar-refractivity contribution in [2.45, 2.75) is 0 Å². The predicted molar refractivity (Wildman–Crippen MR) is 59.2 cm³/mol. The summed E-state index contributed by atoms with van der Waals surface area (Å²) < 4.78 is 6.69. The number of nitrogen functional groups attached to an aromatic ring is 1. The van der Waals surface area contributed by atoms with Gasteiger partial charge in [-0.3, -0.25) is 4.57 Å². The van der Waals surface area contributed by atoms with Crippen LogP contribution in [0.4, 0.5) is 5.69 Å². The molecule has 80 valence electrons. The molecule has 1 aromatic carbocycles. The van der Waals surface area contributed by atoms with Crippen molar-refractivity contribution in [2.75, 3.05) is 12.8 Å². The summed E-state index contributed by atoms with van der Waals surface area (Å²) in [6, 6.07) is 7.27. The highest BCUT2D eigenvalue weighted by Crippen LogP contribution is 2.23. The fourth-order valence-electron chi connectivity index (χ4n) is 1.46. The van der Waals surface area contributed by atoms with Crippen molar-refractivity contribution in [3.8, 4) is 17.5 Å². The van der Waals surface area contributed by atoms with Crippen LogP contribution in [0.1, 0.15) is 5.82 Å². The summed E-state index contributed by atoms with van der Waals surface area (Å²) in [4.78, 5) is 3.91. The van der Waals surface area contributed by atoms with Crippen molar-refractivity contribution in [2.24, 2.45) is 0 Å². The Morgan fingerprint density at radius 1 is 1.50 bits per heavy atom. The van der Waals surface area contributed by atoms with Gasteiger partial charge >= 0.3 is 0 Å². The molecular weight excluding hydrogens is 204 g/mol. The van der Waals surface area contributed by atoms with Gasteiger partial charge in [0.1, 0.15) is 11.8 Å². The highest BCUT2D eigenvalue weighted by Gasteiger charge is 2.07. The van der Waals surface area contributed by atoms with Crippen LogP contribution in [-0.4, -0.2) is 16.7 Å². The second kappa shape index (κ2) is 3.95. The van der Waals surface area contributed by atoms with Crippen LogP contribution >= 0.6 is 0 Å². The number of hydrogen-bond donors (Lipinski definition) is 1. The molecule has 0 amide bonds. The number of nitrogens with two attached hydrogens (primary N) is 1. The number of imidazole rings is 1. The van der Waals surface area contributed by atoms with E-state index in [4.69, 9.17) is 15.7 Å². The molecule has 0 atom stereocenters. The monoisotopic (exact) mass is 214 g/mol. The van der Waals surface area contributed by atoms with Gasteiger partial charge in [0, 0.05) is 18.5 Å². The number of nitrogens with zero attached hydrogens (tertiary/aromatic N) is 3. The number of anilines is 1. The first-order chi connectivity index (χ1) is 7.76. The summed E-state index contributed by atoms with van der Waals surface area (Å²) in [6.07, 6.45) is 3.25. The summed E-state index contributed by atoms with van der Waals surface area (Å²) in [5.41, 5.74) is 7.13. The summed E-state index contributed by atoms with van der Waals surface area (Å²) in [5, 5.41) is 8.86. The number of hydrogen-bond acceptors (Lipinski definition) is 4. The molecule has 16 heavy (non-hydrogen) atoms. The Bertz CT molecular complexity index is 553. The van der Waals surface area contributed by atoms with Gasteiger partial charge in [0.25, 0.3) is 0 Å². The number of nitriles is 1. The highest BCUT2D eigenvalue weighted by molar-refractivity contribution is 5.61. The van der Waals surface area contributed by atoms with Gasteiger partial charge in [-0.25, -0.2) is 4.98 Å². The maximum atomic E-state index is 8.86. The molecule has 5 nitrogen and oxygen atoms in total. The Balaban J connectivity index is 2.53. The first kappa shape index (κ1) is 10.1. The zero-order valence-corrected chi connectivity index (χ0v) is 8.71. The lowest BCUT2D eigenvalue weighted by Crippen LogP contribution is -2.01. The van der Waals surface area contributed by atoms with Crippen molar-refractivity contribution in [3.05, 3.63) is 36.4 Å². The normalized spacial score (nSPS) is 9.75. The van der Waals surface area contributed by atoms with Crippen LogP contribution in [0.25, 0.3) is 5.69 Å². The fourth-order valence-corrected chi connectivity index (χ4v) is 1.46. The Labute approximate surface area is 92.7 Å². The molecule has 2 aromatic rings. The molecule has 1 aromatic heterocycles. The van der Waals surface area contributed by atoms with Crippen LogP contribution in [0.2, 0.25) is 0 Å². The van der Waals surface area contributed by atoms with Gasteiger partial charge in [0.05, 0.1) is 18.5 Å². The van der Waals surface area contributed by atoms with Crippen LogP contribution < -0.4 is 10.5 Å². The second-order valence-electron chi connectivity index (χ2n) is 3.16. The molecule has 0 aliphatic carbocycles. The third-order valence-electron chi connectivity index (χ3n) is 2.23. The topological polar surface area (TPSA) is 76.9 Å². The maximum absolute atomic E-state index is 8.86. The molecule has 1 heterocycles. The summed E-state index contributed by atoms with van der Waals surface area (Å²) in [5.74, 6) is 0.983. The lowest BCUT2D eigenvalue weighted by Gasteiger charge is -2.08. The van der Waals surface area contributed by atoms with Gasteiger partial charge in [-0.2, -0.15) is 5.26 Å². The third-order valence-corrected chi connectivity index (χ3v) is 2.23. The van der Waals surface area contributed by atoms with E-state index < -0.39 is 0 Å². The van der Waals surface area contributed by atoms with Crippen LogP contribution in [-0.2, 0) is 0 Å². The van der Waals surface area contributed by atoms with Gasteiger partial charge in [-0.1, -0.05) is 0 Å². The molecule has 0 aliphatic heterocycles. The van der Waals surface area contributed by atoms with E-state index in [9.17, 15) is 0 Å². The lowest BCUT2D eigenvalue weighted by atomic mass is 10.2. The van der Waals surface area contributed by atoms with E-state index in [0.717, 1.165) is 5.69 Å². The van der Waals surface area contributed by atoms with E-state index in [2.05, 4.69) is 4.98 Å². The molecular formula is C11H10N4O. The van der Waals surface area contributed by atoms with E-state index in [1.54, 1.807) is 42.3 Å². The molecule has 0 aliphatic rings. The quantitative estimate of drug-likeness (QED) is 0.765. The van der Waals surface area contributed by atoms with E-state index in [1.807, 2.05) is 6.07 Å². The van der Waals surface area contributed by atoms with Crippen molar-refractivity contribution in [3.63, 3.8) is 0 Å². The zero-order valence-electron chi connectivity index (χ0n) is 8.71. The molecule has 0 spiro atoms. The van der Waals surface area contributed by atoms with Gasteiger partial charge in [0.2, 0.25) is 5.82 Å². The molecule has 2 rings (SSSR count). The largest absolute Gasteiger partial charge is 0.497 e. The van der Waals surface area contributed by atoms with E-state index in [-0.39, 0.29) is 0 Å². The Morgan fingerprint density at radius 3 is 2.94 bits per heavy atom. The fraction of sp³-hybridized carbons (Fsp3) is 0.0909. The molecule has 0 fully saturated rings. The second-order valence-corrected chi connectivity index (χ2v) is 3.16. The van der Waals surface area contributed by atoms with Crippen LogP contribution in [0.3, 0.4) is 0 Å². The minimum Gasteiger partial charge on any atom is -0.497 e. The molecule has 0 saturated carbocycles. The number of methoxy groups -OCH3 is 1. The van der Waals surface area contributed by atoms with Crippen LogP contribution in [0, 0.1) is 11.3 Å². The minimum atomic E-state index is 0.303. The summed E-state index contributed by atoms with van der Waals surface area (Å²) >= 11 is 0. The van der Waals surface area contributed by atoms with Gasteiger partial charge in [-0.05, 0) is 12.1 Å². The standard InChI is InChI=1S/C11H10N4O/c1-16-8-2-3-10(9(13)6-8)15-5-4-14-11(15)7-12/h2-6H,13H2,1H3. The molecule has 0 unspecified atom stereocenters. The highest BCUT2D eigenvalue weighted by atomic mass is 16.5. The maximum Gasteiger partial charge on any atom is 0.217 e. The number of aromatic nitrogens is 2. The predicted octanol–water partition coefficient (Wildman–Crippen LogP) is 1.33. The zero-order chi connectivity index (χ0) is 11.5. The van der Waals surface area contributed by atoms with Crippen LogP contribution in [0.15, 0.2) is 30.6 Å². The SMILES string of the molecule is COc1ccc(-n2ccnc2C#N)c(N)c1. The molecule has 0 radical (unpaired) electrons. The lowest BCUT2D eigenvalue weighted by molar-refractivity contribution is 0.415. The molecule has 5 heteroatoms. The number of benzene rings is 1. The van der Waals surface area contributed by atoms with Gasteiger partial charge in [-0.15, -0.1) is 0 Å². The first-order valence-electron chi connectivity index (χ1n) is 4.63. The van der Waals surface area contributed by atoms with Crippen molar-refractivity contribution < 1.29 is 4.74 Å². The summed E-state index contributed by atoms with van der Waals surface area (Å²) in [7, 11) is 1.58. The number of rotatable bonds is 2. The van der Waals surface area contributed by atoms with Gasteiger partial charge in [0.15, 0.2) is 0 Å². The van der Waals surface area contributed by atoms with Crippen molar-refractivity contribution in [1.82, 2.24) is 9.55 Å². The smallest absolute Gasteiger partial charge is 0.217 e. The van der Waals surface area contributed by atoms with E-state index >= 15 is 0 Å². The van der Waals surface area contributed by atoms with E-state index in [1.165, 1.54) is 0 Å². The molecule has 2 N–H and O–H groups in total. The average Bonchev–Trinajstić information content (AvgIpc) is 2.76. The Kier molecular flexibility index (Phi) is 2.48. The third kappa shape index (κ3) is 1.57. The van der Waals surface area contributed by atoms with Crippen molar-refractivity contribution in [1.29, 1.82) is 5.26 Å².